The molecular formula is C33H36N2. The van der Waals surface area contributed by atoms with Crippen molar-refractivity contribution >= 4 is 22.7 Å². The van der Waals surface area contributed by atoms with Crippen LogP contribution in [-0.4, -0.2) is 13.1 Å². The van der Waals surface area contributed by atoms with Gasteiger partial charge in [0.25, 0.3) is 0 Å². The van der Waals surface area contributed by atoms with Crippen molar-refractivity contribution in [2.24, 2.45) is 0 Å². The summed E-state index contributed by atoms with van der Waals surface area (Å²) in [5.74, 6) is 0. The second kappa shape index (κ2) is 8.92. The van der Waals surface area contributed by atoms with Gasteiger partial charge < -0.3 is 9.80 Å². The third kappa shape index (κ3) is 4.01. The summed E-state index contributed by atoms with van der Waals surface area (Å²) in [5.41, 5.74) is 13.0. The molecule has 4 aromatic rings. The summed E-state index contributed by atoms with van der Waals surface area (Å²) in [6.07, 6.45) is 0. The smallest absolute Gasteiger partial charge is 0.0414 e. The van der Waals surface area contributed by atoms with Crippen LogP contribution >= 0.6 is 0 Å². The Kier molecular flexibility index (Phi) is 5.92. The van der Waals surface area contributed by atoms with Gasteiger partial charge in [-0.15, -0.1) is 0 Å². The lowest BCUT2D eigenvalue weighted by atomic mass is 9.82. The lowest BCUT2D eigenvalue weighted by molar-refractivity contribution is 0.660. The molecule has 0 bridgehead atoms. The average Bonchev–Trinajstić information content (AvgIpc) is 3.09. The summed E-state index contributed by atoms with van der Waals surface area (Å²) < 4.78 is 0. The second-order valence-corrected chi connectivity index (χ2v) is 10.2. The topological polar surface area (TPSA) is 6.48 Å². The quantitative estimate of drug-likeness (QED) is 0.283. The van der Waals surface area contributed by atoms with E-state index in [-0.39, 0.29) is 5.41 Å². The van der Waals surface area contributed by atoms with Gasteiger partial charge in [-0.25, -0.2) is 0 Å². The third-order valence-electron chi connectivity index (χ3n) is 7.59. The molecule has 0 saturated carbocycles. The first kappa shape index (κ1) is 23.2. The first-order chi connectivity index (χ1) is 16.8. The Bertz CT molecular complexity index is 1240. The Morgan fingerprint density at radius 1 is 0.514 bits per heavy atom. The van der Waals surface area contributed by atoms with Gasteiger partial charge in [0.1, 0.15) is 0 Å². The van der Waals surface area contributed by atoms with Crippen LogP contribution in [0.15, 0.2) is 84.9 Å². The van der Waals surface area contributed by atoms with Crippen LogP contribution in [0.2, 0.25) is 0 Å². The molecule has 0 radical (unpaired) electrons. The van der Waals surface area contributed by atoms with Gasteiger partial charge in [0, 0.05) is 41.3 Å². The number of rotatable bonds is 6. The average molecular weight is 461 g/mol. The van der Waals surface area contributed by atoms with Gasteiger partial charge >= 0.3 is 0 Å². The standard InChI is InChI=1S/C33H36N2/c1-7-34(25-13-9-23(3)10-14-25)27-17-19-29-30-20-18-28(22-32(30)33(5,6)31(29)21-27)35(8-2)26-15-11-24(4)12-16-26/h9-22H,7-8H2,1-6H3. The predicted octanol–water partition coefficient (Wildman–Crippen LogP) is 8.93. The zero-order valence-electron chi connectivity index (χ0n) is 21.9. The maximum atomic E-state index is 2.41. The van der Waals surface area contributed by atoms with E-state index in [0.29, 0.717) is 0 Å². The highest BCUT2D eigenvalue weighted by molar-refractivity contribution is 5.85. The molecule has 0 atom stereocenters. The molecule has 0 unspecified atom stereocenters. The summed E-state index contributed by atoms with van der Waals surface area (Å²) in [6.45, 7) is 15.3. The maximum absolute atomic E-state index is 2.41. The minimum atomic E-state index is -0.0595. The highest BCUT2D eigenvalue weighted by Gasteiger charge is 2.36. The van der Waals surface area contributed by atoms with Gasteiger partial charge in [-0.05, 0) is 98.5 Å². The first-order valence-corrected chi connectivity index (χ1v) is 12.8. The third-order valence-corrected chi connectivity index (χ3v) is 7.59. The summed E-state index contributed by atoms with van der Waals surface area (Å²) in [4.78, 5) is 4.81. The number of aryl methyl sites for hydroxylation is 2. The molecule has 0 fully saturated rings. The van der Waals surface area contributed by atoms with Crippen molar-refractivity contribution in [2.75, 3.05) is 22.9 Å². The van der Waals surface area contributed by atoms with Gasteiger partial charge in [0.05, 0.1) is 0 Å². The molecule has 1 aliphatic carbocycles. The van der Waals surface area contributed by atoms with E-state index in [2.05, 4.69) is 136 Å². The number of fused-ring (bicyclic) bond motifs is 3. The van der Waals surface area contributed by atoms with Gasteiger partial charge in [0.2, 0.25) is 0 Å². The predicted molar refractivity (Wildman–Crippen MR) is 152 cm³/mol. The lowest BCUT2D eigenvalue weighted by Gasteiger charge is -2.28. The fraction of sp³-hybridized carbons (Fsp3) is 0.273. The van der Waals surface area contributed by atoms with Crippen LogP contribution < -0.4 is 9.80 Å². The molecule has 0 saturated heterocycles. The molecule has 0 aromatic heterocycles. The fourth-order valence-corrected chi connectivity index (χ4v) is 5.53. The molecule has 2 nitrogen and oxygen atoms in total. The van der Waals surface area contributed by atoms with Crippen molar-refractivity contribution in [1.82, 2.24) is 0 Å². The Morgan fingerprint density at radius 3 is 1.20 bits per heavy atom. The van der Waals surface area contributed by atoms with E-state index >= 15 is 0 Å². The molecule has 4 aromatic carbocycles. The van der Waals surface area contributed by atoms with Crippen LogP contribution in [0.4, 0.5) is 22.7 Å². The molecule has 0 heterocycles. The zero-order valence-corrected chi connectivity index (χ0v) is 21.9. The van der Waals surface area contributed by atoms with Crippen LogP contribution in [0, 0.1) is 13.8 Å². The van der Waals surface area contributed by atoms with E-state index in [1.165, 1.54) is 56.1 Å². The van der Waals surface area contributed by atoms with E-state index in [0.717, 1.165) is 13.1 Å². The highest BCUT2D eigenvalue weighted by atomic mass is 15.1. The van der Waals surface area contributed by atoms with Crippen LogP contribution in [0.1, 0.15) is 49.9 Å². The minimum absolute atomic E-state index is 0.0595. The maximum Gasteiger partial charge on any atom is 0.0414 e. The van der Waals surface area contributed by atoms with Crippen molar-refractivity contribution in [1.29, 1.82) is 0 Å². The Morgan fingerprint density at radius 2 is 0.857 bits per heavy atom. The van der Waals surface area contributed by atoms with Gasteiger partial charge in [-0.1, -0.05) is 61.4 Å². The second-order valence-electron chi connectivity index (χ2n) is 10.2. The van der Waals surface area contributed by atoms with E-state index in [4.69, 9.17) is 0 Å². The van der Waals surface area contributed by atoms with Crippen LogP contribution in [-0.2, 0) is 5.41 Å². The van der Waals surface area contributed by atoms with Crippen molar-refractivity contribution < 1.29 is 0 Å². The molecule has 178 valence electrons. The monoisotopic (exact) mass is 460 g/mol. The van der Waals surface area contributed by atoms with Crippen LogP contribution in [0.3, 0.4) is 0 Å². The van der Waals surface area contributed by atoms with Crippen molar-refractivity contribution in [3.8, 4) is 11.1 Å². The molecule has 35 heavy (non-hydrogen) atoms. The number of nitrogens with zero attached hydrogens (tertiary/aromatic N) is 2. The molecule has 5 rings (SSSR count). The molecule has 1 aliphatic rings. The Balaban J connectivity index is 1.54. The van der Waals surface area contributed by atoms with E-state index < -0.39 is 0 Å². The van der Waals surface area contributed by atoms with Crippen molar-refractivity contribution in [2.45, 2.75) is 47.0 Å². The first-order valence-electron chi connectivity index (χ1n) is 12.8. The molecule has 2 heteroatoms. The van der Waals surface area contributed by atoms with Gasteiger partial charge in [-0.2, -0.15) is 0 Å². The van der Waals surface area contributed by atoms with E-state index in [1.807, 2.05) is 0 Å². The summed E-state index contributed by atoms with van der Waals surface area (Å²) in [7, 11) is 0. The summed E-state index contributed by atoms with van der Waals surface area (Å²) in [5, 5.41) is 0. The lowest BCUT2D eigenvalue weighted by Crippen LogP contribution is -2.20. The molecule has 0 spiro atoms. The molecule has 0 N–H and O–H groups in total. The number of benzene rings is 4. The molecule has 0 amide bonds. The van der Waals surface area contributed by atoms with Crippen molar-refractivity contribution in [3.63, 3.8) is 0 Å². The minimum Gasteiger partial charge on any atom is -0.342 e. The molecular weight excluding hydrogens is 424 g/mol. The SMILES string of the molecule is CCN(c1ccc(C)cc1)c1ccc2c(c1)C(C)(C)c1cc(N(CC)c3ccc(C)cc3)ccc1-2. The van der Waals surface area contributed by atoms with Gasteiger partial charge in [0.15, 0.2) is 0 Å². The summed E-state index contributed by atoms with van der Waals surface area (Å²) >= 11 is 0. The van der Waals surface area contributed by atoms with E-state index in [1.54, 1.807) is 0 Å². The fourth-order valence-electron chi connectivity index (χ4n) is 5.53. The van der Waals surface area contributed by atoms with Gasteiger partial charge in [-0.3, -0.25) is 0 Å². The number of hydrogen-bond donors (Lipinski definition) is 0. The van der Waals surface area contributed by atoms with Crippen LogP contribution in [0.25, 0.3) is 11.1 Å². The molecule has 0 aliphatic heterocycles. The largest absolute Gasteiger partial charge is 0.342 e. The summed E-state index contributed by atoms with van der Waals surface area (Å²) in [6, 6.07) is 31.7. The van der Waals surface area contributed by atoms with Crippen molar-refractivity contribution in [3.05, 3.63) is 107 Å². The highest BCUT2D eigenvalue weighted by Crippen LogP contribution is 2.51. The Hall–Kier alpha value is -3.52. The normalized spacial score (nSPS) is 13.3. The van der Waals surface area contributed by atoms with E-state index in [9.17, 15) is 0 Å². The zero-order chi connectivity index (χ0) is 24.7. The van der Waals surface area contributed by atoms with Crippen LogP contribution in [0.5, 0.6) is 0 Å². The number of anilines is 4. The Labute approximate surface area is 210 Å². The number of hydrogen-bond acceptors (Lipinski definition) is 2.